The third-order valence-corrected chi connectivity index (χ3v) is 5.53. The van der Waals surface area contributed by atoms with Gasteiger partial charge in [0.15, 0.2) is 0 Å². The lowest BCUT2D eigenvalue weighted by Gasteiger charge is -2.44. The predicted octanol–water partition coefficient (Wildman–Crippen LogP) is 4.63. The van der Waals surface area contributed by atoms with Gasteiger partial charge >= 0.3 is 0 Å². The highest BCUT2D eigenvalue weighted by Gasteiger charge is 2.36. The van der Waals surface area contributed by atoms with E-state index in [1.807, 2.05) is 12.3 Å². The minimum atomic E-state index is 0.228. The third-order valence-electron chi connectivity index (χ3n) is 5.09. The van der Waals surface area contributed by atoms with Gasteiger partial charge < -0.3 is 9.47 Å². The fraction of sp³-hybridized carbons (Fsp3) is 0.706. The number of rotatable bonds is 2. The van der Waals surface area contributed by atoms with Crippen LogP contribution in [0.2, 0.25) is 0 Å². The van der Waals surface area contributed by atoms with Gasteiger partial charge in [-0.05, 0) is 67.4 Å². The van der Waals surface area contributed by atoms with Crippen LogP contribution in [0.15, 0.2) is 16.7 Å². The molecule has 4 heteroatoms. The highest BCUT2D eigenvalue weighted by atomic mass is 79.9. The molecule has 1 aromatic rings. The zero-order valence-corrected chi connectivity index (χ0v) is 14.6. The topological polar surface area (TPSA) is 25.2 Å². The van der Waals surface area contributed by atoms with Crippen molar-refractivity contribution in [1.29, 1.82) is 0 Å². The molecule has 2 unspecified atom stereocenters. The Balaban J connectivity index is 1.87. The number of carbonyl (C=O) groups is 1. The van der Waals surface area contributed by atoms with E-state index in [0.29, 0.717) is 12.1 Å². The highest BCUT2D eigenvalue weighted by molar-refractivity contribution is 9.10. The SMILES string of the molecule is CC(C)n1cc(Br)cc1C(=O)N1CCCC2CCCCC21. The van der Waals surface area contributed by atoms with Gasteiger partial charge in [0, 0.05) is 29.3 Å². The molecule has 0 radical (unpaired) electrons. The zero-order valence-electron chi connectivity index (χ0n) is 13.0. The maximum absolute atomic E-state index is 13.1. The predicted molar refractivity (Wildman–Crippen MR) is 88.5 cm³/mol. The van der Waals surface area contributed by atoms with E-state index >= 15 is 0 Å². The maximum Gasteiger partial charge on any atom is 0.270 e. The second-order valence-electron chi connectivity index (χ2n) is 6.80. The number of halogens is 1. The summed E-state index contributed by atoms with van der Waals surface area (Å²) in [5.74, 6) is 0.966. The van der Waals surface area contributed by atoms with Crippen molar-refractivity contribution in [2.24, 2.45) is 5.92 Å². The molecule has 1 aromatic heterocycles. The molecule has 1 amide bonds. The molecule has 0 spiro atoms. The molecule has 1 saturated carbocycles. The lowest BCUT2D eigenvalue weighted by atomic mass is 9.78. The smallest absolute Gasteiger partial charge is 0.270 e. The standard InChI is InChI=1S/C17H25BrN2O/c1-12(2)20-11-14(18)10-16(20)17(21)19-9-5-7-13-6-3-4-8-15(13)19/h10-13,15H,3-9H2,1-2H3. The number of carbonyl (C=O) groups excluding carboxylic acids is 1. The van der Waals surface area contributed by atoms with E-state index in [4.69, 9.17) is 0 Å². The maximum atomic E-state index is 13.1. The van der Waals surface area contributed by atoms with Gasteiger partial charge in [-0.25, -0.2) is 0 Å². The molecule has 1 saturated heterocycles. The lowest BCUT2D eigenvalue weighted by Crippen LogP contribution is -2.50. The number of nitrogens with zero attached hydrogens (tertiary/aromatic N) is 2. The number of amides is 1. The third kappa shape index (κ3) is 2.92. The average molecular weight is 353 g/mol. The van der Waals surface area contributed by atoms with Gasteiger partial charge in [0.2, 0.25) is 0 Å². The Kier molecular flexibility index (Phi) is 4.43. The molecule has 2 fully saturated rings. The summed E-state index contributed by atoms with van der Waals surface area (Å²) < 4.78 is 3.09. The summed E-state index contributed by atoms with van der Waals surface area (Å²) in [6.45, 7) is 5.19. The van der Waals surface area contributed by atoms with Gasteiger partial charge in [0.25, 0.3) is 5.91 Å². The number of likely N-dealkylation sites (tertiary alicyclic amines) is 1. The first-order valence-electron chi connectivity index (χ1n) is 8.26. The Labute approximate surface area is 135 Å². The molecule has 116 valence electrons. The number of hydrogen-bond donors (Lipinski definition) is 0. The first kappa shape index (κ1) is 15.1. The second kappa shape index (κ2) is 6.15. The van der Waals surface area contributed by atoms with Crippen molar-refractivity contribution in [2.45, 2.75) is 64.5 Å². The van der Waals surface area contributed by atoms with Crippen LogP contribution in [0, 0.1) is 5.92 Å². The van der Waals surface area contributed by atoms with E-state index in [-0.39, 0.29) is 5.91 Å². The summed E-state index contributed by atoms with van der Waals surface area (Å²) in [4.78, 5) is 15.3. The second-order valence-corrected chi connectivity index (χ2v) is 7.71. The summed E-state index contributed by atoms with van der Waals surface area (Å²) >= 11 is 3.52. The largest absolute Gasteiger partial charge is 0.340 e. The highest BCUT2D eigenvalue weighted by Crippen LogP contribution is 2.36. The van der Waals surface area contributed by atoms with Crippen LogP contribution in [0.4, 0.5) is 0 Å². The Morgan fingerprint density at radius 2 is 1.95 bits per heavy atom. The summed E-state index contributed by atoms with van der Waals surface area (Å²) in [5, 5.41) is 0. The molecule has 3 nitrogen and oxygen atoms in total. The van der Waals surface area contributed by atoms with Crippen molar-refractivity contribution < 1.29 is 4.79 Å². The van der Waals surface area contributed by atoms with Gasteiger partial charge in [0.05, 0.1) is 0 Å². The monoisotopic (exact) mass is 352 g/mol. The Morgan fingerprint density at radius 1 is 1.24 bits per heavy atom. The lowest BCUT2D eigenvalue weighted by molar-refractivity contribution is 0.0379. The van der Waals surface area contributed by atoms with Crippen molar-refractivity contribution in [3.05, 3.63) is 22.4 Å². The summed E-state index contributed by atoms with van der Waals surface area (Å²) in [7, 11) is 0. The molecule has 21 heavy (non-hydrogen) atoms. The molecule has 2 heterocycles. The summed E-state index contributed by atoms with van der Waals surface area (Å²) in [6, 6.07) is 2.77. The molecular formula is C17H25BrN2O. The average Bonchev–Trinajstić information content (AvgIpc) is 2.88. The van der Waals surface area contributed by atoms with Gasteiger partial charge in [-0.1, -0.05) is 12.8 Å². The Bertz CT molecular complexity index is 521. The summed E-state index contributed by atoms with van der Waals surface area (Å²) in [6.07, 6.45) is 9.63. The van der Waals surface area contributed by atoms with Gasteiger partial charge in [-0.3, -0.25) is 4.79 Å². The molecule has 0 N–H and O–H groups in total. The van der Waals surface area contributed by atoms with E-state index in [9.17, 15) is 4.79 Å². The van der Waals surface area contributed by atoms with Crippen molar-refractivity contribution >= 4 is 21.8 Å². The Morgan fingerprint density at radius 3 is 2.71 bits per heavy atom. The van der Waals surface area contributed by atoms with E-state index in [1.165, 1.54) is 32.1 Å². The Hall–Kier alpha value is -0.770. The van der Waals surface area contributed by atoms with E-state index in [0.717, 1.165) is 29.1 Å². The quantitative estimate of drug-likeness (QED) is 0.761. The van der Waals surface area contributed by atoms with E-state index in [1.54, 1.807) is 0 Å². The van der Waals surface area contributed by atoms with Crippen LogP contribution in [-0.2, 0) is 0 Å². The fourth-order valence-corrected chi connectivity index (χ4v) is 4.51. The van der Waals surface area contributed by atoms with Crippen LogP contribution in [-0.4, -0.2) is 28.0 Å². The van der Waals surface area contributed by atoms with Gasteiger partial charge in [0.1, 0.15) is 5.69 Å². The van der Waals surface area contributed by atoms with Crippen LogP contribution < -0.4 is 0 Å². The minimum Gasteiger partial charge on any atom is -0.340 e. The first-order chi connectivity index (χ1) is 10.1. The van der Waals surface area contributed by atoms with Crippen LogP contribution in [0.25, 0.3) is 0 Å². The molecule has 0 bridgehead atoms. The number of hydrogen-bond acceptors (Lipinski definition) is 1. The molecule has 2 atom stereocenters. The molecule has 0 aromatic carbocycles. The van der Waals surface area contributed by atoms with Gasteiger partial charge in [-0.15, -0.1) is 0 Å². The molecule has 3 rings (SSSR count). The number of aromatic nitrogens is 1. The van der Waals surface area contributed by atoms with Gasteiger partial charge in [-0.2, -0.15) is 0 Å². The van der Waals surface area contributed by atoms with E-state index < -0.39 is 0 Å². The molecule has 1 aliphatic carbocycles. The van der Waals surface area contributed by atoms with Crippen molar-refractivity contribution in [2.75, 3.05) is 6.54 Å². The van der Waals surface area contributed by atoms with Crippen molar-refractivity contribution in [3.63, 3.8) is 0 Å². The van der Waals surface area contributed by atoms with Crippen LogP contribution in [0.3, 0.4) is 0 Å². The first-order valence-corrected chi connectivity index (χ1v) is 9.05. The molecule has 2 aliphatic rings. The number of fused-ring (bicyclic) bond motifs is 1. The van der Waals surface area contributed by atoms with Crippen LogP contribution in [0.5, 0.6) is 0 Å². The van der Waals surface area contributed by atoms with Crippen molar-refractivity contribution in [1.82, 2.24) is 9.47 Å². The minimum absolute atomic E-state index is 0.228. The molecule has 1 aliphatic heterocycles. The molecular weight excluding hydrogens is 328 g/mol. The number of piperidine rings is 1. The zero-order chi connectivity index (χ0) is 15.0. The van der Waals surface area contributed by atoms with E-state index in [2.05, 4.69) is 39.2 Å². The van der Waals surface area contributed by atoms with Crippen LogP contribution >= 0.6 is 15.9 Å². The van der Waals surface area contributed by atoms with Crippen LogP contribution in [0.1, 0.15) is 68.9 Å². The fourth-order valence-electron chi connectivity index (χ4n) is 4.07. The summed E-state index contributed by atoms with van der Waals surface area (Å²) in [5.41, 5.74) is 0.836. The normalized spacial score (nSPS) is 26.0. The van der Waals surface area contributed by atoms with Crippen molar-refractivity contribution in [3.8, 4) is 0 Å².